The van der Waals surface area contributed by atoms with Gasteiger partial charge in [-0.1, -0.05) is 19.1 Å². The zero-order valence-electron chi connectivity index (χ0n) is 16.2. The molecule has 1 saturated heterocycles. The van der Waals surface area contributed by atoms with Crippen molar-refractivity contribution >= 4 is 17.3 Å². The average Bonchev–Trinajstić information content (AvgIpc) is 3.33. The lowest BCUT2D eigenvalue weighted by molar-refractivity contribution is 0.179. The molecular weight excluding hydrogens is 342 g/mol. The molecular formula is C20H33N5S. The fourth-order valence-electron chi connectivity index (χ4n) is 3.61. The van der Waals surface area contributed by atoms with E-state index in [1.807, 2.05) is 0 Å². The van der Waals surface area contributed by atoms with Gasteiger partial charge >= 0.3 is 0 Å². The minimum absolute atomic E-state index is 0.515. The van der Waals surface area contributed by atoms with E-state index in [0.717, 1.165) is 57.9 Å². The van der Waals surface area contributed by atoms with Crippen molar-refractivity contribution in [2.75, 3.05) is 26.2 Å². The van der Waals surface area contributed by atoms with Crippen molar-refractivity contribution in [3.63, 3.8) is 0 Å². The molecule has 0 unspecified atom stereocenters. The first kappa shape index (κ1) is 19.4. The van der Waals surface area contributed by atoms with Crippen molar-refractivity contribution in [2.24, 2.45) is 10.9 Å². The minimum atomic E-state index is 0.515. The Balaban J connectivity index is 1.41. The lowest BCUT2D eigenvalue weighted by Gasteiger charge is -2.31. The number of likely N-dealkylation sites (tertiary alicyclic amines) is 1. The topological polar surface area (TPSA) is 52.6 Å². The molecule has 1 fully saturated rings. The van der Waals surface area contributed by atoms with Gasteiger partial charge in [-0.25, -0.2) is 4.98 Å². The van der Waals surface area contributed by atoms with Gasteiger partial charge < -0.3 is 10.6 Å². The lowest BCUT2D eigenvalue weighted by atomic mass is 9.97. The second-order valence-corrected chi connectivity index (χ2v) is 8.25. The maximum atomic E-state index is 4.86. The highest BCUT2D eigenvalue weighted by atomic mass is 32.1. The Morgan fingerprint density at radius 3 is 2.69 bits per heavy atom. The van der Waals surface area contributed by atoms with Crippen LogP contribution in [0.1, 0.15) is 50.2 Å². The summed E-state index contributed by atoms with van der Waals surface area (Å²) < 4.78 is 0. The van der Waals surface area contributed by atoms with Crippen molar-refractivity contribution < 1.29 is 0 Å². The van der Waals surface area contributed by atoms with E-state index in [1.165, 1.54) is 23.5 Å². The molecule has 0 spiro atoms. The van der Waals surface area contributed by atoms with Crippen LogP contribution in [-0.4, -0.2) is 48.1 Å². The highest BCUT2D eigenvalue weighted by Crippen LogP contribution is 2.20. The van der Waals surface area contributed by atoms with Gasteiger partial charge in [-0.15, -0.1) is 11.3 Å². The third kappa shape index (κ3) is 5.81. The zero-order chi connectivity index (χ0) is 18.2. The summed E-state index contributed by atoms with van der Waals surface area (Å²) in [7, 11) is 0. The summed E-state index contributed by atoms with van der Waals surface area (Å²) in [6.45, 7) is 9.48. The molecule has 3 rings (SSSR count). The number of guanidine groups is 1. The summed E-state index contributed by atoms with van der Waals surface area (Å²) in [5, 5.41) is 10.4. The SMILES string of the molecule is CCNC(=NCC1CCN(Cc2csc(CC)n2)CC1)NC1CC=CC1. The van der Waals surface area contributed by atoms with Crippen molar-refractivity contribution in [3.8, 4) is 0 Å². The normalized spacial score (nSPS) is 20.0. The van der Waals surface area contributed by atoms with Crippen LogP contribution >= 0.6 is 11.3 Å². The predicted molar refractivity (Wildman–Crippen MR) is 111 cm³/mol. The fourth-order valence-corrected chi connectivity index (χ4v) is 4.34. The van der Waals surface area contributed by atoms with E-state index >= 15 is 0 Å². The van der Waals surface area contributed by atoms with Crippen LogP contribution in [0.5, 0.6) is 0 Å². The standard InChI is InChI=1S/C20H33N5S/c1-3-19-23-18(15-26-19)14-25-11-9-16(10-12-25)13-22-20(21-4-2)24-17-7-5-6-8-17/h5-6,15-17H,3-4,7-14H2,1-2H3,(H2,21,22,24). The summed E-state index contributed by atoms with van der Waals surface area (Å²) in [4.78, 5) is 12.1. The van der Waals surface area contributed by atoms with E-state index < -0.39 is 0 Å². The van der Waals surface area contributed by atoms with Gasteiger partial charge in [0.2, 0.25) is 0 Å². The molecule has 0 atom stereocenters. The Bertz CT molecular complexity index is 593. The number of aryl methyl sites for hydroxylation is 1. The first-order valence-corrected chi connectivity index (χ1v) is 11.0. The third-order valence-electron chi connectivity index (χ3n) is 5.20. The fraction of sp³-hybridized carbons (Fsp3) is 0.700. The van der Waals surface area contributed by atoms with Gasteiger partial charge in [-0.05, 0) is 58.0 Å². The van der Waals surface area contributed by atoms with E-state index in [0.29, 0.717) is 12.0 Å². The quantitative estimate of drug-likeness (QED) is 0.437. The number of aromatic nitrogens is 1. The molecule has 0 aromatic carbocycles. The molecule has 0 radical (unpaired) electrons. The Morgan fingerprint density at radius 2 is 2.04 bits per heavy atom. The van der Waals surface area contributed by atoms with Gasteiger partial charge in [0.25, 0.3) is 0 Å². The molecule has 6 heteroatoms. The molecule has 2 heterocycles. The maximum Gasteiger partial charge on any atom is 0.191 e. The highest BCUT2D eigenvalue weighted by molar-refractivity contribution is 7.09. The number of nitrogens with zero attached hydrogens (tertiary/aromatic N) is 3. The van der Waals surface area contributed by atoms with Gasteiger partial charge in [0.1, 0.15) is 0 Å². The molecule has 0 saturated carbocycles. The van der Waals surface area contributed by atoms with Crippen LogP contribution in [0.2, 0.25) is 0 Å². The predicted octanol–water partition coefficient (Wildman–Crippen LogP) is 3.19. The van der Waals surface area contributed by atoms with Crippen LogP contribution in [0.3, 0.4) is 0 Å². The number of piperidine rings is 1. The first-order chi connectivity index (χ1) is 12.8. The van der Waals surface area contributed by atoms with Crippen LogP contribution in [0.25, 0.3) is 0 Å². The smallest absolute Gasteiger partial charge is 0.191 e. The van der Waals surface area contributed by atoms with Crippen molar-refractivity contribution in [2.45, 2.75) is 58.5 Å². The molecule has 5 nitrogen and oxygen atoms in total. The van der Waals surface area contributed by atoms with E-state index in [4.69, 9.17) is 9.98 Å². The second-order valence-electron chi connectivity index (χ2n) is 7.31. The molecule has 0 bridgehead atoms. The Labute approximate surface area is 162 Å². The van der Waals surface area contributed by atoms with Crippen LogP contribution in [-0.2, 0) is 13.0 Å². The van der Waals surface area contributed by atoms with Crippen molar-refractivity contribution in [1.29, 1.82) is 0 Å². The van der Waals surface area contributed by atoms with Crippen molar-refractivity contribution in [3.05, 3.63) is 28.2 Å². The number of rotatable bonds is 7. The Morgan fingerprint density at radius 1 is 1.27 bits per heavy atom. The average molecular weight is 376 g/mol. The number of aliphatic imine (C=N–C) groups is 1. The molecule has 1 aromatic rings. The molecule has 144 valence electrons. The van der Waals surface area contributed by atoms with E-state index in [-0.39, 0.29) is 0 Å². The summed E-state index contributed by atoms with van der Waals surface area (Å²) in [5.41, 5.74) is 1.24. The molecule has 1 aromatic heterocycles. The highest BCUT2D eigenvalue weighted by Gasteiger charge is 2.20. The minimum Gasteiger partial charge on any atom is -0.357 e. The summed E-state index contributed by atoms with van der Waals surface area (Å²) >= 11 is 1.79. The molecule has 2 aliphatic rings. The third-order valence-corrected chi connectivity index (χ3v) is 6.24. The molecule has 0 amide bonds. The van der Waals surface area contributed by atoms with Crippen LogP contribution < -0.4 is 10.6 Å². The molecule has 26 heavy (non-hydrogen) atoms. The number of nitrogens with one attached hydrogen (secondary N) is 2. The van der Waals surface area contributed by atoms with Crippen molar-refractivity contribution in [1.82, 2.24) is 20.5 Å². The number of thiazole rings is 1. The summed E-state index contributed by atoms with van der Waals surface area (Å²) in [6, 6.07) is 0.515. The van der Waals surface area contributed by atoms with Crippen LogP contribution in [0, 0.1) is 5.92 Å². The second kappa shape index (κ2) is 10.1. The summed E-state index contributed by atoms with van der Waals surface area (Å²) in [6.07, 6.45) is 10.2. The first-order valence-electron chi connectivity index (χ1n) is 10.1. The van der Waals surface area contributed by atoms with Gasteiger partial charge in [0.05, 0.1) is 10.7 Å². The lowest BCUT2D eigenvalue weighted by Crippen LogP contribution is -2.43. The maximum absolute atomic E-state index is 4.86. The summed E-state index contributed by atoms with van der Waals surface area (Å²) in [5.74, 6) is 1.68. The molecule has 1 aliphatic heterocycles. The van der Waals surface area contributed by atoms with E-state index in [2.05, 4.69) is 46.9 Å². The molecule has 2 N–H and O–H groups in total. The Hall–Kier alpha value is -1.40. The van der Waals surface area contributed by atoms with E-state index in [1.54, 1.807) is 11.3 Å². The largest absolute Gasteiger partial charge is 0.357 e. The van der Waals surface area contributed by atoms with Gasteiger partial charge in [0, 0.05) is 31.1 Å². The Kier molecular flexibility index (Phi) is 7.50. The van der Waals surface area contributed by atoms with E-state index in [9.17, 15) is 0 Å². The number of hydrogen-bond donors (Lipinski definition) is 2. The van der Waals surface area contributed by atoms with Crippen LogP contribution in [0.4, 0.5) is 0 Å². The monoisotopic (exact) mass is 375 g/mol. The van der Waals surface area contributed by atoms with Crippen LogP contribution in [0.15, 0.2) is 22.5 Å². The number of hydrogen-bond acceptors (Lipinski definition) is 4. The van der Waals surface area contributed by atoms with Gasteiger partial charge in [-0.3, -0.25) is 9.89 Å². The van der Waals surface area contributed by atoms with Gasteiger partial charge in [-0.2, -0.15) is 0 Å². The van der Waals surface area contributed by atoms with Gasteiger partial charge in [0.15, 0.2) is 5.96 Å². The zero-order valence-corrected chi connectivity index (χ0v) is 17.0. The molecule has 1 aliphatic carbocycles.